The second kappa shape index (κ2) is 2.37. The molecule has 2 aromatic rings. The van der Waals surface area contributed by atoms with E-state index in [1.165, 1.54) is 5.56 Å². The van der Waals surface area contributed by atoms with Gasteiger partial charge in [-0.1, -0.05) is 17.1 Å². The van der Waals surface area contributed by atoms with Crippen molar-refractivity contribution in [3.63, 3.8) is 0 Å². The van der Waals surface area contributed by atoms with Crippen LogP contribution >= 0.6 is 0 Å². The van der Waals surface area contributed by atoms with E-state index in [0.717, 1.165) is 21.9 Å². The predicted octanol–water partition coefficient (Wildman–Crippen LogP) is 0.974. The van der Waals surface area contributed by atoms with Crippen molar-refractivity contribution in [1.29, 1.82) is 0 Å². The van der Waals surface area contributed by atoms with Crippen molar-refractivity contribution in [2.45, 2.75) is 13.8 Å². The number of fused-ring (bicyclic) bond motifs is 1. The van der Waals surface area contributed by atoms with Crippen LogP contribution in [0.3, 0.4) is 0 Å². The lowest BCUT2D eigenvalue weighted by atomic mass is 9.87. The molecule has 0 aliphatic rings. The molecule has 2 rings (SSSR count). The number of aromatic nitrogens is 2. The van der Waals surface area contributed by atoms with E-state index in [0.29, 0.717) is 0 Å². The van der Waals surface area contributed by atoms with Gasteiger partial charge < -0.3 is 0 Å². The van der Waals surface area contributed by atoms with Crippen LogP contribution in [0.4, 0.5) is 0 Å². The van der Waals surface area contributed by atoms with Crippen LogP contribution in [0.15, 0.2) is 12.3 Å². The van der Waals surface area contributed by atoms with Crippen molar-refractivity contribution in [1.82, 2.24) is 10.2 Å². The maximum Gasteiger partial charge on any atom is 0.115 e. The molecule has 0 aliphatic carbocycles. The van der Waals surface area contributed by atoms with E-state index in [2.05, 4.69) is 16.3 Å². The summed E-state index contributed by atoms with van der Waals surface area (Å²) in [7, 11) is 5.87. The zero-order valence-corrected chi connectivity index (χ0v) is 7.18. The van der Waals surface area contributed by atoms with Crippen molar-refractivity contribution in [3.05, 3.63) is 23.4 Å². The minimum absolute atomic E-state index is 0.823. The number of aryl methyl sites for hydroxylation is 2. The second-order valence-electron chi connectivity index (χ2n) is 3.08. The topological polar surface area (TPSA) is 28.7 Å². The van der Waals surface area contributed by atoms with Gasteiger partial charge in [0.2, 0.25) is 0 Å². The molecule has 0 saturated carbocycles. The Hall–Kier alpha value is -1.25. The van der Waals surface area contributed by atoms with Crippen molar-refractivity contribution >= 4 is 24.2 Å². The van der Waals surface area contributed by atoms with Gasteiger partial charge in [-0.3, -0.25) is 5.10 Å². The Balaban J connectivity index is 2.97. The number of nitrogens with zero attached hydrogens (tertiary/aromatic N) is 1. The molecular weight excluding hydrogens is 147 g/mol. The van der Waals surface area contributed by atoms with Gasteiger partial charge in [0.25, 0.3) is 0 Å². The largest absolute Gasteiger partial charge is 0.278 e. The molecule has 0 amide bonds. The van der Waals surface area contributed by atoms with Gasteiger partial charge in [-0.25, -0.2) is 0 Å². The monoisotopic (exact) mass is 156 g/mol. The van der Waals surface area contributed by atoms with E-state index in [-0.39, 0.29) is 0 Å². The van der Waals surface area contributed by atoms with Crippen LogP contribution in [-0.2, 0) is 0 Å². The zero-order valence-electron chi connectivity index (χ0n) is 7.18. The number of rotatable bonds is 0. The van der Waals surface area contributed by atoms with Gasteiger partial charge in [0.1, 0.15) is 7.85 Å². The number of aromatic amines is 1. The molecule has 58 valence electrons. The standard InChI is InChI=1S/C9H9BN2/c1-5-3-6(2)9-7(8(5)10)4-11-12-9/h3-4H,1-2H3,(H,11,12). The summed E-state index contributed by atoms with van der Waals surface area (Å²) in [5.74, 6) is 0. The Morgan fingerprint density at radius 2 is 2.08 bits per heavy atom. The van der Waals surface area contributed by atoms with Gasteiger partial charge >= 0.3 is 0 Å². The average molecular weight is 156 g/mol. The third-order valence-corrected chi connectivity index (χ3v) is 2.18. The molecule has 0 bridgehead atoms. The second-order valence-corrected chi connectivity index (χ2v) is 3.08. The zero-order chi connectivity index (χ0) is 8.72. The smallest absolute Gasteiger partial charge is 0.115 e. The van der Waals surface area contributed by atoms with Gasteiger partial charge in [0.15, 0.2) is 0 Å². The van der Waals surface area contributed by atoms with E-state index in [1.54, 1.807) is 6.20 Å². The Kier molecular flexibility index (Phi) is 1.46. The Labute approximate surface area is 72.4 Å². The summed E-state index contributed by atoms with van der Waals surface area (Å²) in [5.41, 5.74) is 4.16. The van der Waals surface area contributed by atoms with E-state index in [4.69, 9.17) is 7.85 Å². The van der Waals surface area contributed by atoms with Crippen LogP contribution in [0.1, 0.15) is 11.1 Å². The molecule has 2 nitrogen and oxygen atoms in total. The highest BCUT2D eigenvalue weighted by atomic mass is 15.1. The normalized spacial score (nSPS) is 10.8. The van der Waals surface area contributed by atoms with Gasteiger partial charge in [-0.2, -0.15) is 5.10 Å². The summed E-state index contributed by atoms with van der Waals surface area (Å²) in [4.78, 5) is 0. The Bertz CT molecular complexity index is 431. The van der Waals surface area contributed by atoms with Crippen molar-refractivity contribution in [3.8, 4) is 0 Å². The molecular formula is C9H9BN2. The Morgan fingerprint density at radius 3 is 2.83 bits per heavy atom. The number of hydrogen-bond donors (Lipinski definition) is 1. The lowest BCUT2D eigenvalue weighted by Crippen LogP contribution is -2.08. The van der Waals surface area contributed by atoms with Crippen LogP contribution in [0.5, 0.6) is 0 Å². The summed E-state index contributed by atoms with van der Waals surface area (Å²) in [5, 5.41) is 7.91. The molecule has 2 radical (unpaired) electrons. The lowest BCUT2D eigenvalue weighted by molar-refractivity contribution is 1.11. The van der Waals surface area contributed by atoms with E-state index < -0.39 is 0 Å². The summed E-state index contributed by atoms with van der Waals surface area (Å²) >= 11 is 0. The fourth-order valence-corrected chi connectivity index (χ4v) is 1.48. The van der Waals surface area contributed by atoms with Crippen LogP contribution in [0.25, 0.3) is 10.9 Å². The van der Waals surface area contributed by atoms with Crippen LogP contribution in [-0.4, -0.2) is 18.0 Å². The quantitative estimate of drug-likeness (QED) is 0.565. The molecule has 1 aromatic carbocycles. The molecule has 0 spiro atoms. The maximum absolute atomic E-state index is 5.87. The summed E-state index contributed by atoms with van der Waals surface area (Å²) in [6.07, 6.45) is 1.77. The van der Waals surface area contributed by atoms with E-state index >= 15 is 0 Å². The van der Waals surface area contributed by atoms with Crippen LogP contribution in [0.2, 0.25) is 0 Å². The van der Waals surface area contributed by atoms with Crippen molar-refractivity contribution in [2.75, 3.05) is 0 Å². The minimum atomic E-state index is 0.823. The molecule has 3 heteroatoms. The number of nitrogens with one attached hydrogen (secondary N) is 1. The number of benzene rings is 1. The summed E-state index contributed by atoms with van der Waals surface area (Å²) in [6.45, 7) is 4.06. The van der Waals surface area contributed by atoms with Gasteiger partial charge in [0.05, 0.1) is 11.7 Å². The molecule has 12 heavy (non-hydrogen) atoms. The molecule has 1 heterocycles. The van der Waals surface area contributed by atoms with Crippen LogP contribution < -0.4 is 5.46 Å². The third-order valence-electron chi connectivity index (χ3n) is 2.18. The third kappa shape index (κ3) is 0.859. The van der Waals surface area contributed by atoms with Gasteiger partial charge in [-0.05, 0) is 19.4 Å². The fraction of sp³-hybridized carbons (Fsp3) is 0.222. The van der Waals surface area contributed by atoms with E-state index in [9.17, 15) is 0 Å². The highest BCUT2D eigenvalue weighted by Gasteiger charge is 2.03. The molecule has 0 unspecified atom stereocenters. The minimum Gasteiger partial charge on any atom is -0.278 e. The summed E-state index contributed by atoms with van der Waals surface area (Å²) in [6, 6.07) is 2.07. The summed E-state index contributed by atoms with van der Waals surface area (Å²) < 4.78 is 0. The van der Waals surface area contributed by atoms with Crippen LogP contribution in [0, 0.1) is 13.8 Å². The first-order valence-electron chi connectivity index (χ1n) is 3.89. The number of hydrogen-bond acceptors (Lipinski definition) is 1. The van der Waals surface area contributed by atoms with Crippen molar-refractivity contribution in [2.24, 2.45) is 0 Å². The van der Waals surface area contributed by atoms with Crippen molar-refractivity contribution < 1.29 is 0 Å². The van der Waals surface area contributed by atoms with Gasteiger partial charge in [0, 0.05) is 5.39 Å². The van der Waals surface area contributed by atoms with E-state index in [1.807, 2.05) is 13.8 Å². The highest BCUT2D eigenvalue weighted by Crippen LogP contribution is 2.14. The fourth-order valence-electron chi connectivity index (χ4n) is 1.48. The predicted molar refractivity (Wildman–Crippen MR) is 51.0 cm³/mol. The molecule has 1 aromatic heterocycles. The molecule has 0 atom stereocenters. The number of H-pyrrole nitrogens is 1. The SMILES string of the molecule is [B]c1c(C)cc(C)c2[nH]ncc12. The van der Waals surface area contributed by atoms with Gasteiger partial charge in [-0.15, -0.1) is 0 Å². The molecule has 0 saturated heterocycles. The highest BCUT2D eigenvalue weighted by molar-refractivity contribution is 6.39. The first-order chi connectivity index (χ1) is 5.70. The lowest BCUT2D eigenvalue weighted by Gasteiger charge is -2.03. The first-order valence-corrected chi connectivity index (χ1v) is 3.89. The first kappa shape index (κ1) is 7.41. The average Bonchev–Trinajstić information content (AvgIpc) is 2.48. The maximum atomic E-state index is 5.87. The Morgan fingerprint density at radius 1 is 1.33 bits per heavy atom. The molecule has 0 aliphatic heterocycles. The molecule has 0 fully saturated rings. The molecule has 1 N–H and O–H groups in total.